The Hall–Kier alpha value is -0.770. The maximum Gasteiger partial charge on any atom is 0.121 e. The van der Waals surface area contributed by atoms with Gasteiger partial charge < -0.3 is 16.8 Å². The zero-order valence-corrected chi connectivity index (χ0v) is 9.02. The largest absolute Gasteiger partial charge is 0.403 e. The number of nitrogens with two attached hydrogens (primary N) is 2. The minimum atomic E-state index is 0.371. The van der Waals surface area contributed by atoms with Crippen molar-refractivity contribution < 1.29 is 0 Å². The van der Waals surface area contributed by atoms with Gasteiger partial charge in [0.2, 0.25) is 0 Å². The van der Waals surface area contributed by atoms with Crippen LogP contribution >= 0.6 is 12.2 Å². The van der Waals surface area contributed by atoms with Crippen LogP contribution < -0.4 is 16.8 Å². The summed E-state index contributed by atoms with van der Waals surface area (Å²) in [7, 11) is 0. The average molecular weight is 211 g/mol. The molecule has 2 aliphatic rings. The first-order valence-electron chi connectivity index (χ1n) is 5.19. The molecule has 2 bridgehead atoms. The fraction of sp³-hybridized carbons (Fsp3) is 0.700. The van der Waals surface area contributed by atoms with Crippen LogP contribution in [0.3, 0.4) is 0 Å². The molecule has 2 rings (SSSR count). The van der Waals surface area contributed by atoms with Gasteiger partial charge in [-0.3, -0.25) is 0 Å². The summed E-state index contributed by atoms with van der Waals surface area (Å²) < 4.78 is 0. The molecule has 0 aliphatic heterocycles. The number of fused-ring (bicyclic) bond motifs is 2. The molecule has 14 heavy (non-hydrogen) atoms. The summed E-state index contributed by atoms with van der Waals surface area (Å²) in [5.74, 6) is 1.73. The molecule has 2 aliphatic carbocycles. The molecule has 0 radical (unpaired) electrons. The molecule has 0 saturated heterocycles. The smallest absolute Gasteiger partial charge is 0.121 e. The van der Waals surface area contributed by atoms with E-state index in [9.17, 15) is 0 Å². The first-order chi connectivity index (χ1) is 6.70. The number of hydrogen-bond donors (Lipinski definition) is 3. The highest BCUT2D eigenvalue weighted by molar-refractivity contribution is 7.80. The fourth-order valence-electron chi connectivity index (χ4n) is 2.82. The molecule has 2 fully saturated rings. The van der Waals surface area contributed by atoms with Gasteiger partial charge in [0, 0.05) is 12.2 Å². The summed E-state index contributed by atoms with van der Waals surface area (Å²) in [5, 5.41) is 3.37. The van der Waals surface area contributed by atoms with Crippen LogP contribution in [0.4, 0.5) is 0 Å². The van der Waals surface area contributed by atoms with Crippen molar-refractivity contribution in [1.29, 1.82) is 0 Å². The predicted octanol–water partition coefficient (Wildman–Crippen LogP) is 0.851. The highest BCUT2D eigenvalue weighted by atomic mass is 32.1. The van der Waals surface area contributed by atoms with Gasteiger partial charge in [0.15, 0.2) is 0 Å². The van der Waals surface area contributed by atoms with Crippen molar-refractivity contribution in [2.45, 2.75) is 31.7 Å². The molecule has 0 aromatic heterocycles. The van der Waals surface area contributed by atoms with Gasteiger partial charge in [-0.25, -0.2) is 0 Å². The van der Waals surface area contributed by atoms with E-state index in [4.69, 9.17) is 23.7 Å². The minimum Gasteiger partial charge on any atom is -0.403 e. The summed E-state index contributed by atoms with van der Waals surface area (Å²) in [6.07, 6.45) is 6.85. The molecule has 0 heterocycles. The van der Waals surface area contributed by atoms with Gasteiger partial charge in [-0.05, 0) is 31.1 Å². The van der Waals surface area contributed by atoms with Crippen LogP contribution in [-0.2, 0) is 0 Å². The molecule has 78 valence electrons. The summed E-state index contributed by atoms with van der Waals surface area (Å²) in [6.45, 7) is 0. The Balaban J connectivity index is 1.95. The van der Waals surface area contributed by atoms with Crippen molar-refractivity contribution in [2.75, 3.05) is 0 Å². The van der Waals surface area contributed by atoms with Crippen molar-refractivity contribution in [3.8, 4) is 0 Å². The van der Waals surface area contributed by atoms with Crippen molar-refractivity contribution in [3.63, 3.8) is 0 Å². The second-order valence-corrected chi connectivity index (χ2v) is 4.81. The molecule has 0 amide bonds. The lowest BCUT2D eigenvalue weighted by molar-refractivity contribution is 0.378. The van der Waals surface area contributed by atoms with Gasteiger partial charge in [0.05, 0.1) is 5.70 Å². The summed E-state index contributed by atoms with van der Waals surface area (Å²) in [5.41, 5.74) is 11.7. The van der Waals surface area contributed by atoms with Gasteiger partial charge in [-0.1, -0.05) is 18.6 Å². The van der Waals surface area contributed by atoms with Gasteiger partial charge in [-0.2, -0.15) is 0 Å². The number of thiocarbonyl (C=S) groups is 1. The molecule has 0 aromatic rings. The summed E-state index contributed by atoms with van der Waals surface area (Å²) >= 11 is 4.90. The van der Waals surface area contributed by atoms with Gasteiger partial charge in [0.1, 0.15) is 4.99 Å². The first-order valence-corrected chi connectivity index (χ1v) is 5.59. The average Bonchev–Trinajstić information content (AvgIpc) is 2.74. The summed E-state index contributed by atoms with van der Waals surface area (Å²) in [4.78, 5) is 0.371. The van der Waals surface area contributed by atoms with E-state index in [1.54, 1.807) is 0 Å². The maximum atomic E-state index is 5.54. The van der Waals surface area contributed by atoms with Crippen LogP contribution in [0.1, 0.15) is 25.7 Å². The Kier molecular flexibility index (Phi) is 2.63. The molecular formula is C10H17N3S. The highest BCUT2D eigenvalue weighted by Crippen LogP contribution is 2.44. The van der Waals surface area contributed by atoms with E-state index in [1.807, 2.05) is 0 Å². The van der Waals surface area contributed by atoms with Crippen LogP contribution in [-0.4, -0.2) is 11.0 Å². The zero-order chi connectivity index (χ0) is 10.1. The number of nitrogens with one attached hydrogen (secondary N) is 1. The molecule has 3 atom stereocenters. The Morgan fingerprint density at radius 1 is 1.36 bits per heavy atom. The number of rotatable bonds is 3. The second-order valence-electron chi connectivity index (χ2n) is 4.37. The van der Waals surface area contributed by atoms with E-state index < -0.39 is 0 Å². The Labute approximate surface area is 89.9 Å². The van der Waals surface area contributed by atoms with Crippen LogP contribution in [0, 0.1) is 11.8 Å². The Bertz CT molecular complexity index is 275. The molecule has 3 nitrogen and oxygen atoms in total. The maximum absolute atomic E-state index is 5.54. The first kappa shape index (κ1) is 9.77. The van der Waals surface area contributed by atoms with E-state index >= 15 is 0 Å². The molecule has 0 aromatic carbocycles. The molecular weight excluding hydrogens is 194 g/mol. The fourth-order valence-corrected chi connectivity index (χ4v) is 2.95. The van der Waals surface area contributed by atoms with E-state index in [0.29, 0.717) is 11.0 Å². The Morgan fingerprint density at radius 3 is 2.57 bits per heavy atom. The van der Waals surface area contributed by atoms with Gasteiger partial charge >= 0.3 is 0 Å². The molecule has 2 saturated carbocycles. The third-order valence-corrected chi connectivity index (χ3v) is 3.73. The normalized spacial score (nSPS) is 36.0. The summed E-state index contributed by atoms with van der Waals surface area (Å²) in [6, 6.07) is 0.546. The second kappa shape index (κ2) is 3.77. The minimum absolute atomic E-state index is 0.371. The van der Waals surface area contributed by atoms with E-state index in [1.165, 1.54) is 31.9 Å². The highest BCUT2D eigenvalue weighted by Gasteiger charge is 2.39. The van der Waals surface area contributed by atoms with Crippen LogP contribution in [0.15, 0.2) is 11.9 Å². The lowest BCUT2D eigenvalue weighted by Crippen LogP contribution is -2.37. The topological polar surface area (TPSA) is 64.1 Å². The van der Waals surface area contributed by atoms with Crippen molar-refractivity contribution in [1.82, 2.24) is 5.32 Å². The van der Waals surface area contributed by atoms with E-state index in [0.717, 1.165) is 17.5 Å². The monoisotopic (exact) mass is 211 g/mol. The van der Waals surface area contributed by atoms with Crippen LogP contribution in [0.2, 0.25) is 0 Å². The lowest BCUT2D eigenvalue weighted by Gasteiger charge is -2.24. The predicted molar refractivity (Wildman–Crippen MR) is 61.4 cm³/mol. The van der Waals surface area contributed by atoms with E-state index in [2.05, 4.69) is 5.32 Å². The van der Waals surface area contributed by atoms with Crippen molar-refractivity contribution in [2.24, 2.45) is 23.3 Å². The van der Waals surface area contributed by atoms with Crippen molar-refractivity contribution >= 4 is 17.2 Å². The number of hydrogen-bond acceptors (Lipinski definition) is 3. The third-order valence-electron chi connectivity index (χ3n) is 3.51. The van der Waals surface area contributed by atoms with Crippen LogP contribution in [0.5, 0.6) is 0 Å². The zero-order valence-electron chi connectivity index (χ0n) is 8.20. The van der Waals surface area contributed by atoms with E-state index in [-0.39, 0.29) is 0 Å². The third kappa shape index (κ3) is 1.71. The standard InChI is InChI=1S/C10H17N3S/c11-5-9(10(12)14)13-8-4-6-1-2-7(8)3-6/h5-8,13H,1-4,11H2,(H2,12,14). The molecule has 0 spiro atoms. The SMILES string of the molecule is NC=C(NC1CC2CCC1C2)C(N)=S. The lowest BCUT2D eigenvalue weighted by atomic mass is 9.95. The molecule has 5 N–H and O–H groups in total. The van der Waals surface area contributed by atoms with Crippen molar-refractivity contribution in [3.05, 3.63) is 11.9 Å². The Morgan fingerprint density at radius 2 is 2.14 bits per heavy atom. The molecule has 4 heteroatoms. The molecule has 3 unspecified atom stereocenters. The quantitative estimate of drug-likeness (QED) is 0.478. The van der Waals surface area contributed by atoms with Gasteiger partial charge in [0.25, 0.3) is 0 Å². The van der Waals surface area contributed by atoms with Gasteiger partial charge in [-0.15, -0.1) is 0 Å². The van der Waals surface area contributed by atoms with Crippen LogP contribution in [0.25, 0.3) is 0 Å².